The van der Waals surface area contributed by atoms with Crippen LogP contribution in [0.4, 0.5) is 0 Å². The van der Waals surface area contributed by atoms with Gasteiger partial charge in [-0.3, -0.25) is 0 Å². The average Bonchev–Trinajstić information content (AvgIpc) is 2.67. The molecule has 0 aromatic heterocycles. The topological polar surface area (TPSA) is 27.7 Å². The minimum absolute atomic E-state index is 0.586. The predicted molar refractivity (Wildman–Crippen MR) is 108 cm³/mol. The second-order valence-electron chi connectivity index (χ2n) is 5.62. The first-order valence-corrected chi connectivity index (χ1v) is 10.6. The van der Waals surface area contributed by atoms with E-state index >= 15 is 0 Å². The van der Waals surface area contributed by atoms with E-state index in [4.69, 9.17) is 14.2 Å². The summed E-state index contributed by atoms with van der Waals surface area (Å²) in [7, 11) is 0. The molecular formula is C20H24Br2O3. The molecule has 25 heavy (non-hydrogen) atoms. The van der Waals surface area contributed by atoms with E-state index in [0.29, 0.717) is 39.6 Å². The van der Waals surface area contributed by atoms with E-state index in [1.807, 2.05) is 0 Å². The molecule has 0 spiro atoms. The molecule has 0 atom stereocenters. The van der Waals surface area contributed by atoms with Gasteiger partial charge in [0.15, 0.2) is 0 Å². The molecule has 0 aliphatic carbocycles. The van der Waals surface area contributed by atoms with Crippen LogP contribution in [0, 0.1) is 0 Å². The molecule has 0 heterocycles. The molecule has 2 rings (SSSR count). The van der Waals surface area contributed by atoms with Crippen molar-refractivity contribution >= 4 is 31.9 Å². The Morgan fingerprint density at radius 1 is 0.480 bits per heavy atom. The van der Waals surface area contributed by atoms with Crippen molar-refractivity contribution in [1.29, 1.82) is 0 Å². The van der Waals surface area contributed by atoms with E-state index < -0.39 is 0 Å². The molecule has 5 heteroatoms. The summed E-state index contributed by atoms with van der Waals surface area (Å²) in [5.41, 5.74) is 4.90. The Morgan fingerprint density at radius 2 is 0.800 bits per heavy atom. The van der Waals surface area contributed by atoms with Crippen LogP contribution in [-0.4, -0.2) is 26.4 Å². The number of halogens is 2. The highest BCUT2D eigenvalue weighted by molar-refractivity contribution is 9.08. The van der Waals surface area contributed by atoms with Gasteiger partial charge < -0.3 is 14.2 Å². The molecule has 0 fully saturated rings. The SMILES string of the molecule is BrCc1ccc(COCCOCCOCc2ccc(CBr)cc2)cc1. The van der Waals surface area contributed by atoms with Gasteiger partial charge in [-0.1, -0.05) is 80.4 Å². The molecule has 0 saturated heterocycles. The zero-order valence-electron chi connectivity index (χ0n) is 14.3. The molecule has 136 valence electrons. The molecule has 0 radical (unpaired) electrons. The maximum atomic E-state index is 5.61. The van der Waals surface area contributed by atoms with E-state index in [2.05, 4.69) is 80.4 Å². The quantitative estimate of drug-likeness (QED) is 0.313. The third-order valence-corrected chi connectivity index (χ3v) is 4.93. The minimum Gasteiger partial charge on any atom is -0.377 e. The minimum atomic E-state index is 0.586. The molecule has 0 unspecified atom stereocenters. The van der Waals surface area contributed by atoms with Crippen molar-refractivity contribution in [2.75, 3.05) is 26.4 Å². The van der Waals surface area contributed by atoms with Gasteiger partial charge in [0.2, 0.25) is 0 Å². The fourth-order valence-corrected chi connectivity index (χ4v) is 2.91. The Balaban J connectivity index is 1.45. The van der Waals surface area contributed by atoms with Crippen molar-refractivity contribution in [3.05, 3.63) is 70.8 Å². The van der Waals surface area contributed by atoms with Gasteiger partial charge in [0.1, 0.15) is 0 Å². The van der Waals surface area contributed by atoms with Crippen molar-refractivity contribution in [3.63, 3.8) is 0 Å². The first-order valence-electron chi connectivity index (χ1n) is 8.32. The Kier molecular flexibility index (Phi) is 10.4. The third-order valence-electron chi connectivity index (χ3n) is 3.64. The maximum Gasteiger partial charge on any atom is 0.0718 e. The Hall–Kier alpha value is -0.720. The molecule has 0 saturated carbocycles. The summed E-state index contributed by atoms with van der Waals surface area (Å²) in [6, 6.07) is 16.8. The van der Waals surface area contributed by atoms with Crippen LogP contribution in [0.25, 0.3) is 0 Å². The Bertz CT molecular complexity index is 531. The van der Waals surface area contributed by atoms with E-state index in [1.54, 1.807) is 0 Å². The van der Waals surface area contributed by atoms with Crippen molar-refractivity contribution < 1.29 is 14.2 Å². The first kappa shape index (κ1) is 20.6. The van der Waals surface area contributed by atoms with Crippen molar-refractivity contribution in [2.45, 2.75) is 23.9 Å². The fourth-order valence-electron chi connectivity index (χ4n) is 2.17. The van der Waals surface area contributed by atoms with Gasteiger partial charge in [0, 0.05) is 10.7 Å². The summed E-state index contributed by atoms with van der Waals surface area (Å²) in [4.78, 5) is 0. The van der Waals surface area contributed by atoms with Gasteiger partial charge in [-0.25, -0.2) is 0 Å². The van der Waals surface area contributed by atoms with Crippen molar-refractivity contribution in [2.24, 2.45) is 0 Å². The summed E-state index contributed by atoms with van der Waals surface area (Å²) >= 11 is 6.88. The van der Waals surface area contributed by atoms with Crippen LogP contribution >= 0.6 is 31.9 Å². The highest BCUT2D eigenvalue weighted by atomic mass is 79.9. The van der Waals surface area contributed by atoms with Gasteiger partial charge in [0.05, 0.1) is 39.6 Å². The van der Waals surface area contributed by atoms with Crippen LogP contribution < -0.4 is 0 Å². The van der Waals surface area contributed by atoms with Gasteiger partial charge in [-0.05, 0) is 22.3 Å². The van der Waals surface area contributed by atoms with Crippen molar-refractivity contribution in [3.8, 4) is 0 Å². The van der Waals surface area contributed by atoms with E-state index in [1.165, 1.54) is 22.3 Å². The average molecular weight is 472 g/mol. The molecule has 0 aliphatic rings. The summed E-state index contributed by atoms with van der Waals surface area (Å²) in [6.07, 6.45) is 0. The highest BCUT2D eigenvalue weighted by Gasteiger charge is 1.97. The predicted octanol–water partition coefficient (Wildman–Crippen LogP) is 5.23. The zero-order chi connectivity index (χ0) is 17.7. The van der Waals surface area contributed by atoms with Gasteiger partial charge in [-0.2, -0.15) is 0 Å². The van der Waals surface area contributed by atoms with Crippen LogP contribution in [0.2, 0.25) is 0 Å². The molecule has 0 aliphatic heterocycles. The molecular weight excluding hydrogens is 448 g/mol. The lowest BCUT2D eigenvalue weighted by atomic mass is 10.2. The normalized spacial score (nSPS) is 11.0. The van der Waals surface area contributed by atoms with E-state index in [-0.39, 0.29) is 0 Å². The molecule has 0 amide bonds. The van der Waals surface area contributed by atoms with Crippen molar-refractivity contribution in [1.82, 2.24) is 0 Å². The van der Waals surface area contributed by atoms with Crippen LogP contribution in [-0.2, 0) is 38.1 Å². The monoisotopic (exact) mass is 470 g/mol. The van der Waals surface area contributed by atoms with Crippen LogP contribution in [0.5, 0.6) is 0 Å². The number of rotatable bonds is 12. The molecule has 2 aromatic rings. The standard InChI is InChI=1S/C20H24Br2O3/c21-13-17-1-5-19(6-2-17)15-24-11-9-23-10-12-25-16-20-7-3-18(14-22)4-8-20/h1-8H,9-16H2. The smallest absolute Gasteiger partial charge is 0.0718 e. The third kappa shape index (κ3) is 8.47. The molecule has 3 nitrogen and oxygen atoms in total. The zero-order valence-corrected chi connectivity index (χ0v) is 17.4. The first-order chi connectivity index (χ1) is 12.3. The Morgan fingerprint density at radius 3 is 1.16 bits per heavy atom. The summed E-state index contributed by atoms with van der Waals surface area (Å²) in [6.45, 7) is 3.59. The number of hydrogen-bond acceptors (Lipinski definition) is 3. The number of ether oxygens (including phenoxy) is 3. The lowest BCUT2D eigenvalue weighted by Crippen LogP contribution is -2.09. The highest BCUT2D eigenvalue weighted by Crippen LogP contribution is 2.09. The number of alkyl halides is 2. The van der Waals surface area contributed by atoms with Crippen LogP contribution in [0.1, 0.15) is 22.3 Å². The van der Waals surface area contributed by atoms with E-state index in [9.17, 15) is 0 Å². The molecule has 0 bridgehead atoms. The van der Waals surface area contributed by atoms with Crippen LogP contribution in [0.3, 0.4) is 0 Å². The van der Waals surface area contributed by atoms with E-state index in [0.717, 1.165) is 10.7 Å². The van der Waals surface area contributed by atoms with Crippen LogP contribution in [0.15, 0.2) is 48.5 Å². The molecule has 0 N–H and O–H groups in total. The lowest BCUT2D eigenvalue weighted by molar-refractivity contribution is 0.00704. The van der Waals surface area contributed by atoms with Gasteiger partial charge in [-0.15, -0.1) is 0 Å². The number of hydrogen-bond donors (Lipinski definition) is 0. The molecule has 2 aromatic carbocycles. The summed E-state index contributed by atoms with van der Waals surface area (Å²) in [5, 5.41) is 1.76. The Labute approximate surface area is 166 Å². The van der Waals surface area contributed by atoms with Gasteiger partial charge >= 0.3 is 0 Å². The summed E-state index contributed by atoms with van der Waals surface area (Å²) in [5.74, 6) is 0. The second-order valence-corrected chi connectivity index (χ2v) is 6.74. The maximum absolute atomic E-state index is 5.61. The lowest BCUT2D eigenvalue weighted by Gasteiger charge is -2.08. The fraction of sp³-hybridized carbons (Fsp3) is 0.400. The summed E-state index contributed by atoms with van der Waals surface area (Å²) < 4.78 is 16.7. The largest absolute Gasteiger partial charge is 0.377 e. The second kappa shape index (κ2) is 12.6. The van der Waals surface area contributed by atoms with Gasteiger partial charge in [0.25, 0.3) is 0 Å². The number of benzene rings is 2.